The molecular formula is C8H13NO3. The summed E-state index contributed by atoms with van der Waals surface area (Å²) >= 11 is 0. The van der Waals surface area contributed by atoms with Crippen LogP contribution in [0.1, 0.15) is 13.3 Å². The molecular weight excluding hydrogens is 158 g/mol. The molecule has 0 unspecified atom stereocenters. The largest absolute Gasteiger partial charge is 0.461 e. The molecule has 0 bridgehead atoms. The summed E-state index contributed by atoms with van der Waals surface area (Å²) in [6, 6.07) is 0. The Kier molecular flexibility index (Phi) is 4.96. The Morgan fingerprint density at radius 1 is 1.50 bits per heavy atom. The molecule has 0 spiro atoms. The van der Waals surface area contributed by atoms with Crippen LogP contribution in [0.2, 0.25) is 0 Å². The zero-order valence-corrected chi connectivity index (χ0v) is 7.13. The van der Waals surface area contributed by atoms with Crippen LogP contribution < -0.4 is 5.73 Å². The van der Waals surface area contributed by atoms with Crippen molar-refractivity contribution in [3.05, 3.63) is 12.2 Å². The number of carbonyl (C=O) groups excluding carboxylic acids is 2. The second kappa shape index (κ2) is 5.49. The average Bonchev–Trinajstić information content (AvgIpc) is 2.00. The highest BCUT2D eigenvalue weighted by atomic mass is 16.5. The van der Waals surface area contributed by atoms with Gasteiger partial charge in [-0.15, -0.1) is 0 Å². The molecule has 0 amide bonds. The van der Waals surface area contributed by atoms with E-state index in [-0.39, 0.29) is 25.4 Å². The number of nitrogens with two attached hydrogens (primary N) is 1. The van der Waals surface area contributed by atoms with Crippen LogP contribution in [0.3, 0.4) is 0 Å². The molecule has 0 radical (unpaired) electrons. The Balaban J connectivity index is 3.60. The van der Waals surface area contributed by atoms with Crippen molar-refractivity contribution in [3.63, 3.8) is 0 Å². The minimum atomic E-state index is -0.548. The van der Waals surface area contributed by atoms with Gasteiger partial charge in [0, 0.05) is 0 Å². The number of Topliss-reactive ketones (excluding diaryl/α,β-unsaturated/α-hetero) is 1. The highest BCUT2D eigenvalue weighted by Crippen LogP contribution is 1.92. The van der Waals surface area contributed by atoms with Crippen LogP contribution in [-0.4, -0.2) is 24.9 Å². The molecule has 0 aromatic heterocycles. The van der Waals surface area contributed by atoms with Crippen LogP contribution in [0.15, 0.2) is 12.2 Å². The average molecular weight is 171 g/mol. The number of hydrogen-bond acceptors (Lipinski definition) is 4. The van der Waals surface area contributed by atoms with E-state index in [4.69, 9.17) is 5.73 Å². The van der Waals surface area contributed by atoms with Crippen molar-refractivity contribution < 1.29 is 14.3 Å². The monoisotopic (exact) mass is 171 g/mol. The summed E-state index contributed by atoms with van der Waals surface area (Å²) in [6.07, 6.45) is -0.246. The van der Waals surface area contributed by atoms with Gasteiger partial charge in [0.2, 0.25) is 0 Å². The number of esters is 1. The summed E-state index contributed by atoms with van der Waals surface area (Å²) in [7, 11) is 0. The van der Waals surface area contributed by atoms with E-state index in [2.05, 4.69) is 11.3 Å². The SMILES string of the molecule is C=C(C)COC(=O)CC(=O)CN. The van der Waals surface area contributed by atoms with E-state index >= 15 is 0 Å². The van der Waals surface area contributed by atoms with Crippen LogP contribution in [0.25, 0.3) is 0 Å². The normalized spacial score (nSPS) is 9.17. The van der Waals surface area contributed by atoms with Crippen LogP contribution in [0.4, 0.5) is 0 Å². The maximum absolute atomic E-state index is 10.8. The molecule has 0 aromatic rings. The smallest absolute Gasteiger partial charge is 0.313 e. The second-order valence-electron chi connectivity index (χ2n) is 2.54. The summed E-state index contributed by atoms with van der Waals surface area (Å²) in [5.74, 6) is -0.866. The molecule has 0 saturated heterocycles. The number of ketones is 1. The molecule has 0 aliphatic carbocycles. The molecule has 0 aliphatic heterocycles. The molecule has 0 aromatic carbocycles. The Morgan fingerprint density at radius 3 is 2.50 bits per heavy atom. The Bertz CT molecular complexity index is 198. The van der Waals surface area contributed by atoms with Gasteiger partial charge in [-0.05, 0) is 12.5 Å². The van der Waals surface area contributed by atoms with Crippen molar-refractivity contribution in [2.75, 3.05) is 13.2 Å². The lowest BCUT2D eigenvalue weighted by Gasteiger charge is -2.02. The molecule has 4 nitrogen and oxygen atoms in total. The van der Waals surface area contributed by atoms with Gasteiger partial charge in [-0.3, -0.25) is 9.59 Å². The third kappa shape index (κ3) is 5.61. The molecule has 0 aliphatic rings. The lowest BCUT2D eigenvalue weighted by atomic mass is 10.3. The Labute approximate surface area is 71.4 Å². The summed E-state index contributed by atoms with van der Waals surface area (Å²) in [5.41, 5.74) is 5.74. The van der Waals surface area contributed by atoms with E-state index < -0.39 is 5.97 Å². The van der Waals surface area contributed by atoms with Gasteiger partial charge in [-0.2, -0.15) is 0 Å². The second-order valence-corrected chi connectivity index (χ2v) is 2.54. The van der Waals surface area contributed by atoms with Crippen molar-refractivity contribution >= 4 is 11.8 Å². The fraction of sp³-hybridized carbons (Fsp3) is 0.500. The quantitative estimate of drug-likeness (QED) is 0.360. The summed E-state index contributed by atoms with van der Waals surface area (Å²) in [4.78, 5) is 21.4. The van der Waals surface area contributed by atoms with Gasteiger partial charge in [0.05, 0.1) is 6.54 Å². The fourth-order valence-electron chi connectivity index (χ4n) is 0.488. The van der Waals surface area contributed by atoms with E-state index in [0.29, 0.717) is 0 Å². The number of ether oxygens (including phenoxy) is 1. The first-order chi connectivity index (χ1) is 5.56. The molecule has 68 valence electrons. The van der Waals surface area contributed by atoms with Crippen LogP contribution in [-0.2, 0) is 14.3 Å². The highest BCUT2D eigenvalue weighted by Gasteiger charge is 2.08. The standard InChI is InChI=1S/C8H13NO3/c1-6(2)5-12-8(11)3-7(10)4-9/h1,3-5,9H2,2H3. The number of carbonyl (C=O) groups is 2. The van der Waals surface area contributed by atoms with Crippen molar-refractivity contribution in [2.24, 2.45) is 5.73 Å². The summed E-state index contributed by atoms with van der Waals surface area (Å²) in [6.45, 7) is 5.31. The molecule has 0 heterocycles. The first-order valence-electron chi connectivity index (χ1n) is 3.58. The minimum Gasteiger partial charge on any atom is -0.461 e. The summed E-state index contributed by atoms with van der Waals surface area (Å²) < 4.78 is 4.66. The molecule has 4 heteroatoms. The molecule has 0 atom stereocenters. The third-order valence-corrected chi connectivity index (χ3v) is 1.05. The van der Waals surface area contributed by atoms with E-state index in [0.717, 1.165) is 5.57 Å². The van der Waals surface area contributed by atoms with Crippen LogP contribution in [0, 0.1) is 0 Å². The zero-order chi connectivity index (χ0) is 9.56. The number of hydrogen-bond donors (Lipinski definition) is 1. The predicted molar refractivity (Wildman–Crippen MR) is 44.5 cm³/mol. The lowest BCUT2D eigenvalue weighted by molar-refractivity contribution is -0.144. The van der Waals surface area contributed by atoms with Crippen molar-refractivity contribution in [2.45, 2.75) is 13.3 Å². The molecule has 0 rings (SSSR count). The summed E-state index contributed by atoms with van der Waals surface area (Å²) in [5, 5.41) is 0. The van der Waals surface area contributed by atoms with Crippen molar-refractivity contribution in [3.8, 4) is 0 Å². The van der Waals surface area contributed by atoms with E-state index in [9.17, 15) is 9.59 Å². The van der Waals surface area contributed by atoms with E-state index in [1.165, 1.54) is 0 Å². The number of rotatable bonds is 5. The van der Waals surface area contributed by atoms with Gasteiger partial charge < -0.3 is 10.5 Å². The van der Waals surface area contributed by atoms with Gasteiger partial charge in [0.15, 0.2) is 5.78 Å². The Hall–Kier alpha value is -1.16. The van der Waals surface area contributed by atoms with Gasteiger partial charge in [-0.25, -0.2) is 0 Å². The maximum Gasteiger partial charge on any atom is 0.313 e. The molecule has 12 heavy (non-hydrogen) atoms. The maximum atomic E-state index is 10.8. The van der Waals surface area contributed by atoms with Gasteiger partial charge in [-0.1, -0.05) is 6.58 Å². The zero-order valence-electron chi connectivity index (χ0n) is 7.13. The van der Waals surface area contributed by atoms with E-state index in [1.807, 2.05) is 0 Å². The van der Waals surface area contributed by atoms with Crippen molar-refractivity contribution in [1.82, 2.24) is 0 Å². The van der Waals surface area contributed by atoms with Crippen LogP contribution >= 0.6 is 0 Å². The highest BCUT2D eigenvalue weighted by molar-refractivity contribution is 5.96. The van der Waals surface area contributed by atoms with Gasteiger partial charge in [0.1, 0.15) is 13.0 Å². The topological polar surface area (TPSA) is 69.4 Å². The molecule has 2 N–H and O–H groups in total. The molecule has 0 saturated carbocycles. The minimum absolute atomic E-state index is 0.123. The molecule has 0 fully saturated rings. The predicted octanol–water partition coefficient (Wildman–Crippen LogP) is 0.0236. The third-order valence-electron chi connectivity index (χ3n) is 1.05. The fourth-order valence-corrected chi connectivity index (χ4v) is 0.488. The van der Waals surface area contributed by atoms with Gasteiger partial charge in [0.25, 0.3) is 0 Å². The first-order valence-corrected chi connectivity index (χ1v) is 3.58. The van der Waals surface area contributed by atoms with Gasteiger partial charge >= 0.3 is 5.97 Å². The van der Waals surface area contributed by atoms with Crippen LogP contribution in [0.5, 0.6) is 0 Å². The lowest BCUT2D eigenvalue weighted by Crippen LogP contribution is -2.19. The Morgan fingerprint density at radius 2 is 2.08 bits per heavy atom. The van der Waals surface area contributed by atoms with E-state index in [1.54, 1.807) is 6.92 Å². The first kappa shape index (κ1) is 10.8. The van der Waals surface area contributed by atoms with Crippen molar-refractivity contribution in [1.29, 1.82) is 0 Å².